The summed E-state index contributed by atoms with van der Waals surface area (Å²) in [5.74, 6) is -0.552. The Balaban J connectivity index is 1.81. The molecule has 10 heteroatoms. The SMILES string of the molecule is O=c1[nH]c(=O)n(-c2cccc(Cl)c2)c(O)c1C=Nc1nc2ccc(Cl)cc2s1. The highest BCUT2D eigenvalue weighted by Gasteiger charge is 2.14. The van der Waals surface area contributed by atoms with Crippen LogP contribution in [0.4, 0.5) is 5.13 Å². The van der Waals surface area contributed by atoms with E-state index >= 15 is 0 Å². The summed E-state index contributed by atoms with van der Waals surface area (Å²) in [6, 6.07) is 11.5. The second-order valence-corrected chi connectivity index (χ2v) is 7.56. The van der Waals surface area contributed by atoms with Gasteiger partial charge in [-0.1, -0.05) is 40.6 Å². The van der Waals surface area contributed by atoms with E-state index in [1.165, 1.54) is 17.4 Å². The molecule has 0 bridgehead atoms. The predicted molar refractivity (Wildman–Crippen MR) is 111 cm³/mol. The molecular weight excluding hydrogens is 423 g/mol. The second-order valence-electron chi connectivity index (χ2n) is 5.68. The van der Waals surface area contributed by atoms with Gasteiger partial charge in [-0.05, 0) is 36.4 Å². The number of benzene rings is 2. The van der Waals surface area contributed by atoms with Crippen LogP contribution in [0.25, 0.3) is 15.9 Å². The maximum atomic E-state index is 12.2. The highest BCUT2D eigenvalue weighted by atomic mass is 35.5. The van der Waals surface area contributed by atoms with Crippen LogP contribution in [-0.4, -0.2) is 25.9 Å². The summed E-state index contributed by atoms with van der Waals surface area (Å²) in [4.78, 5) is 35.0. The molecule has 2 aromatic carbocycles. The molecule has 140 valence electrons. The van der Waals surface area contributed by atoms with Gasteiger partial charge in [0, 0.05) is 16.3 Å². The van der Waals surface area contributed by atoms with E-state index in [0.717, 1.165) is 15.5 Å². The summed E-state index contributed by atoms with van der Waals surface area (Å²) in [6.45, 7) is 0. The summed E-state index contributed by atoms with van der Waals surface area (Å²) >= 11 is 13.2. The number of nitrogens with one attached hydrogen (secondary N) is 1. The third-order valence-electron chi connectivity index (χ3n) is 3.83. The van der Waals surface area contributed by atoms with Crippen LogP contribution >= 0.6 is 34.5 Å². The fraction of sp³-hybridized carbons (Fsp3) is 0. The molecule has 0 aliphatic heterocycles. The first-order valence-electron chi connectivity index (χ1n) is 7.87. The van der Waals surface area contributed by atoms with E-state index < -0.39 is 17.1 Å². The zero-order valence-corrected chi connectivity index (χ0v) is 16.2. The van der Waals surface area contributed by atoms with Crippen LogP contribution in [0.3, 0.4) is 0 Å². The summed E-state index contributed by atoms with van der Waals surface area (Å²) in [7, 11) is 0. The number of rotatable bonds is 3. The van der Waals surface area contributed by atoms with Gasteiger partial charge in [-0.2, -0.15) is 0 Å². The third-order valence-corrected chi connectivity index (χ3v) is 5.23. The highest BCUT2D eigenvalue weighted by molar-refractivity contribution is 7.22. The Morgan fingerprint density at radius 3 is 2.71 bits per heavy atom. The van der Waals surface area contributed by atoms with Crippen molar-refractivity contribution < 1.29 is 5.11 Å². The Labute approximate surface area is 171 Å². The van der Waals surface area contributed by atoms with Crippen LogP contribution in [0.2, 0.25) is 10.0 Å². The normalized spacial score (nSPS) is 11.5. The number of nitrogens with zero attached hydrogens (tertiary/aromatic N) is 3. The minimum Gasteiger partial charge on any atom is -0.493 e. The quantitative estimate of drug-likeness (QED) is 0.479. The Kier molecular flexibility index (Phi) is 4.76. The van der Waals surface area contributed by atoms with Gasteiger partial charge in [0.15, 0.2) is 0 Å². The first kappa shape index (κ1) is 18.4. The largest absolute Gasteiger partial charge is 0.493 e. The fourth-order valence-electron chi connectivity index (χ4n) is 2.57. The van der Waals surface area contributed by atoms with Gasteiger partial charge in [0.2, 0.25) is 11.0 Å². The molecule has 4 rings (SSSR count). The lowest BCUT2D eigenvalue weighted by molar-refractivity contribution is 0.430. The van der Waals surface area contributed by atoms with Gasteiger partial charge in [-0.3, -0.25) is 9.78 Å². The molecule has 0 saturated heterocycles. The average molecular weight is 433 g/mol. The molecule has 0 unspecified atom stereocenters. The Morgan fingerprint density at radius 1 is 1.14 bits per heavy atom. The maximum absolute atomic E-state index is 12.2. The molecule has 0 radical (unpaired) electrons. The molecule has 0 saturated carbocycles. The van der Waals surface area contributed by atoms with Gasteiger partial charge < -0.3 is 5.11 Å². The van der Waals surface area contributed by atoms with E-state index in [4.69, 9.17) is 23.2 Å². The van der Waals surface area contributed by atoms with E-state index in [9.17, 15) is 14.7 Å². The van der Waals surface area contributed by atoms with Gasteiger partial charge >= 0.3 is 5.69 Å². The van der Waals surface area contributed by atoms with Crippen LogP contribution in [0, 0.1) is 0 Å². The summed E-state index contributed by atoms with van der Waals surface area (Å²) in [6.07, 6.45) is 1.16. The summed E-state index contributed by atoms with van der Waals surface area (Å²) in [5, 5.41) is 11.8. The number of hydrogen-bond acceptors (Lipinski definition) is 6. The van der Waals surface area contributed by atoms with E-state index in [2.05, 4.69) is 15.0 Å². The highest BCUT2D eigenvalue weighted by Crippen LogP contribution is 2.30. The second kappa shape index (κ2) is 7.23. The molecule has 28 heavy (non-hydrogen) atoms. The molecule has 7 nitrogen and oxygen atoms in total. The van der Waals surface area contributed by atoms with Crippen molar-refractivity contribution in [2.75, 3.05) is 0 Å². The van der Waals surface area contributed by atoms with E-state index in [1.54, 1.807) is 36.4 Å². The van der Waals surface area contributed by atoms with Gasteiger partial charge in [0.05, 0.1) is 15.9 Å². The van der Waals surface area contributed by atoms with Crippen LogP contribution in [-0.2, 0) is 0 Å². The number of thiazole rings is 1. The van der Waals surface area contributed by atoms with Gasteiger partial charge in [0.25, 0.3) is 5.56 Å². The molecule has 0 fully saturated rings. The number of aromatic nitrogens is 3. The Hall–Kier alpha value is -2.94. The van der Waals surface area contributed by atoms with E-state index in [-0.39, 0.29) is 5.56 Å². The Morgan fingerprint density at radius 2 is 1.93 bits per heavy atom. The molecule has 2 aromatic heterocycles. The first-order valence-corrected chi connectivity index (χ1v) is 9.44. The molecule has 4 aromatic rings. The first-order chi connectivity index (χ1) is 13.4. The molecule has 0 atom stereocenters. The summed E-state index contributed by atoms with van der Waals surface area (Å²) in [5.41, 5.74) is -0.735. The monoisotopic (exact) mass is 432 g/mol. The van der Waals surface area contributed by atoms with Crippen molar-refractivity contribution >= 4 is 56.1 Å². The van der Waals surface area contributed by atoms with Crippen LogP contribution in [0.1, 0.15) is 5.56 Å². The zero-order chi connectivity index (χ0) is 19.8. The van der Waals surface area contributed by atoms with Crippen molar-refractivity contribution in [1.29, 1.82) is 0 Å². The number of halogens is 2. The number of fused-ring (bicyclic) bond motifs is 1. The number of aromatic hydroxyl groups is 1. The average Bonchev–Trinajstić information content (AvgIpc) is 3.03. The van der Waals surface area contributed by atoms with Crippen molar-refractivity contribution in [2.45, 2.75) is 0 Å². The van der Waals surface area contributed by atoms with Crippen LogP contribution in [0.5, 0.6) is 5.88 Å². The lowest BCUT2D eigenvalue weighted by Crippen LogP contribution is -2.31. The molecule has 2 N–H and O–H groups in total. The van der Waals surface area contributed by atoms with Crippen LogP contribution < -0.4 is 11.2 Å². The van der Waals surface area contributed by atoms with E-state index in [1.807, 2.05) is 0 Å². The maximum Gasteiger partial charge on any atom is 0.335 e. The van der Waals surface area contributed by atoms with Crippen molar-refractivity contribution in [3.8, 4) is 11.6 Å². The third kappa shape index (κ3) is 3.45. The molecule has 0 spiro atoms. The number of H-pyrrole nitrogens is 1. The molecule has 0 amide bonds. The Bertz CT molecular complexity index is 1360. The van der Waals surface area contributed by atoms with Crippen molar-refractivity contribution in [1.82, 2.24) is 14.5 Å². The zero-order valence-electron chi connectivity index (χ0n) is 13.9. The minimum atomic E-state index is -0.795. The fourth-order valence-corrected chi connectivity index (χ4v) is 3.84. The van der Waals surface area contributed by atoms with Gasteiger partial charge in [0.1, 0.15) is 5.56 Å². The number of hydrogen-bond donors (Lipinski definition) is 2. The topological polar surface area (TPSA) is 100 Å². The molecular formula is C18H10Cl2N4O3S. The molecule has 0 aliphatic rings. The summed E-state index contributed by atoms with van der Waals surface area (Å²) < 4.78 is 1.77. The number of aliphatic imine (C=N–C) groups is 1. The van der Waals surface area contributed by atoms with Gasteiger partial charge in [-0.25, -0.2) is 19.3 Å². The predicted octanol–water partition coefficient (Wildman–Crippen LogP) is 3.90. The smallest absolute Gasteiger partial charge is 0.335 e. The standard InChI is InChI=1S/C18H10Cl2N4O3S/c19-9-2-1-3-11(6-9)24-16(26)12(15(25)23-18(24)27)8-21-17-22-13-5-4-10(20)7-14(13)28-17/h1-8,26H,(H,23,25,27). The molecule has 2 heterocycles. The lowest BCUT2D eigenvalue weighted by atomic mass is 10.3. The van der Waals surface area contributed by atoms with Crippen molar-refractivity contribution in [2.24, 2.45) is 4.99 Å². The lowest BCUT2D eigenvalue weighted by Gasteiger charge is -2.09. The molecule has 0 aliphatic carbocycles. The van der Waals surface area contributed by atoms with Crippen LogP contribution in [0.15, 0.2) is 57.0 Å². The number of aromatic amines is 1. The minimum absolute atomic E-state index is 0.183. The van der Waals surface area contributed by atoms with E-state index in [0.29, 0.717) is 26.4 Å². The van der Waals surface area contributed by atoms with Gasteiger partial charge in [-0.15, -0.1) is 0 Å². The van der Waals surface area contributed by atoms with Crippen molar-refractivity contribution in [3.63, 3.8) is 0 Å². The van der Waals surface area contributed by atoms with Crippen molar-refractivity contribution in [3.05, 3.63) is 78.9 Å².